The van der Waals surface area contributed by atoms with Crippen molar-refractivity contribution in [1.82, 2.24) is 9.97 Å². The van der Waals surface area contributed by atoms with Crippen LogP contribution in [0.5, 0.6) is 11.5 Å². The Morgan fingerprint density at radius 2 is 1.94 bits per heavy atom. The number of carbonyl (C=O) groups is 1. The lowest BCUT2D eigenvalue weighted by atomic mass is 9.89. The van der Waals surface area contributed by atoms with Crippen LogP contribution in [0, 0.1) is 5.92 Å². The Hall–Kier alpha value is -3.07. The fourth-order valence-electron chi connectivity index (χ4n) is 4.37. The molecule has 10 heteroatoms. The number of allylic oxidation sites excluding steroid dienone is 1. The lowest BCUT2D eigenvalue weighted by Gasteiger charge is -2.32. The molecule has 2 N–H and O–H groups in total. The third-order valence-corrected chi connectivity index (χ3v) is 7.06. The molecule has 0 aliphatic carbocycles. The zero-order chi connectivity index (χ0) is 25.8. The molecule has 0 amide bonds. The summed E-state index contributed by atoms with van der Waals surface area (Å²) in [5, 5.41) is 8.96. The van der Waals surface area contributed by atoms with Gasteiger partial charge in [0.05, 0.1) is 42.6 Å². The molecule has 36 heavy (non-hydrogen) atoms. The number of aromatic nitrogens is 2. The molecule has 4 rings (SSSR count). The van der Waals surface area contributed by atoms with Crippen molar-refractivity contribution < 1.29 is 19.0 Å². The van der Waals surface area contributed by atoms with Gasteiger partial charge in [-0.05, 0) is 30.5 Å². The van der Waals surface area contributed by atoms with E-state index < -0.39 is 0 Å². The lowest BCUT2D eigenvalue weighted by Crippen LogP contribution is -2.39. The van der Waals surface area contributed by atoms with Crippen molar-refractivity contribution in [3.8, 4) is 22.8 Å². The van der Waals surface area contributed by atoms with Crippen LogP contribution >= 0.6 is 23.2 Å². The molecule has 1 saturated heterocycles. The number of fused-ring (bicyclic) bond motifs is 1. The smallest absolute Gasteiger partial charge is 0.155 e. The molecule has 2 atom stereocenters. The molecule has 0 saturated carbocycles. The minimum atomic E-state index is -0.0419. The third kappa shape index (κ3) is 5.21. The Balaban J connectivity index is 1.72. The van der Waals surface area contributed by atoms with E-state index in [-0.39, 0.29) is 17.7 Å². The highest BCUT2D eigenvalue weighted by Gasteiger charge is 2.28. The zero-order valence-electron chi connectivity index (χ0n) is 20.4. The summed E-state index contributed by atoms with van der Waals surface area (Å²) in [6.07, 6.45) is 4.36. The number of methoxy groups -OCH3 is 2. The molecular formula is C26H28Cl2N4O4. The van der Waals surface area contributed by atoms with E-state index >= 15 is 0 Å². The number of pyridine rings is 2. The van der Waals surface area contributed by atoms with Crippen LogP contribution in [0.3, 0.4) is 0 Å². The van der Waals surface area contributed by atoms with Crippen molar-refractivity contribution in [2.75, 3.05) is 45.1 Å². The maximum atomic E-state index is 12.0. The average molecular weight is 531 g/mol. The van der Waals surface area contributed by atoms with Crippen molar-refractivity contribution in [1.29, 1.82) is 0 Å². The average Bonchev–Trinajstić information content (AvgIpc) is 2.89. The van der Waals surface area contributed by atoms with Crippen molar-refractivity contribution in [3.63, 3.8) is 0 Å². The molecule has 0 spiro atoms. The Bertz CT molecular complexity index is 1270. The number of ether oxygens (including phenoxy) is 3. The fraction of sp³-hybridized carbons (Fsp3) is 0.346. The van der Waals surface area contributed by atoms with Crippen molar-refractivity contribution in [3.05, 3.63) is 47.1 Å². The third-order valence-electron chi connectivity index (χ3n) is 6.30. The van der Waals surface area contributed by atoms with Gasteiger partial charge in [0.1, 0.15) is 23.1 Å². The number of nitrogens with zero attached hydrogens (tertiary/aromatic N) is 2. The first kappa shape index (κ1) is 26.0. The molecule has 3 heterocycles. The van der Waals surface area contributed by atoms with Crippen LogP contribution in [0.15, 0.2) is 37.1 Å². The number of hydrogen-bond acceptors (Lipinski definition) is 8. The Morgan fingerprint density at radius 3 is 2.58 bits per heavy atom. The number of nitrogens with one attached hydrogen (secondary N) is 2. The molecule has 1 fully saturated rings. The number of ketones is 1. The van der Waals surface area contributed by atoms with E-state index in [0.29, 0.717) is 64.1 Å². The van der Waals surface area contributed by atoms with Crippen LogP contribution in [0.4, 0.5) is 11.6 Å². The van der Waals surface area contributed by atoms with Gasteiger partial charge in [-0.2, -0.15) is 0 Å². The van der Waals surface area contributed by atoms with Gasteiger partial charge in [-0.25, -0.2) is 9.97 Å². The van der Waals surface area contributed by atoms with E-state index in [2.05, 4.69) is 22.2 Å². The van der Waals surface area contributed by atoms with E-state index in [0.717, 1.165) is 17.2 Å². The lowest BCUT2D eigenvalue weighted by molar-refractivity contribution is -0.116. The molecule has 1 aliphatic heterocycles. The second-order valence-electron chi connectivity index (χ2n) is 8.43. The number of carbonyl (C=O) groups excluding carboxylic acids is 1. The van der Waals surface area contributed by atoms with Gasteiger partial charge in [-0.3, -0.25) is 4.79 Å². The van der Waals surface area contributed by atoms with E-state index in [4.69, 9.17) is 42.4 Å². The summed E-state index contributed by atoms with van der Waals surface area (Å²) < 4.78 is 16.5. The molecule has 190 valence electrons. The second-order valence-corrected chi connectivity index (χ2v) is 9.19. The Morgan fingerprint density at radius 1 is 1.22 bits per heavy atom. The van der Waals surface area contributed by atoms with E-state index in [1.807, 2.05) is 12.1 Å². The van der Waals surface area contributed by atoms with E-state index in [1.165, 1.54) is 20.3 Å². The molecular weight excluding hydrogens is 503 g/mol. The van der Waals surface area contributed by atoms with Crippen molar-refractivity contribution in [2.45, 2.75) is 18.9 Å². The predicted octanol–water partition coefficient (Wildman–Crippen LogP) is 5.62. The highest BCUT2D eigenvalue weighted by atomic mass is 35.5. The number of rotatable bonds is 9. The SMILES string of the molecule is C=CC(=O)C[C@H]1CCOC[C@H]1Nc1cc2c(NC)nc(-c3c(Cl)c(OC)cc(OC)c3Cl)cc2cn1. The van der Waals surface area contributed by atoms with Gasteiger partial charge in [0.2, 0.25) is 0 Å². The fourth-order valence-corrected chi connectivity index (χ4v) is 5.07. The summed E-state index contributed by atoms with van der Waals surface area (Å²) in [5.74, 6) is 2.31. The first-order valence-corrected chi connectivity index (χ1v) is 12.2. The van der Waals surface area contributed by atoms with Crippen LogP contribution < -0.4 is 20.1 Å². The van der Waals surface area contributed by atoms with Gasteiger partial charge >= 0.3 is 0 Å². The first-order chi connectivity index (χ1) is 17.4. The summed E-state index contributed by atoms with van der Waals surface area (Å²) in [6.45, 7) is 4.72. The maximum absolute atomic E-state index is 12.0. The molecule has 1 aliphatic rings. The number of anilines is 2. The van der Waals surface area contributed by atoms with Gasteiger partial charge in [0.25, 0.3) is 0 Å². The van der Waals surface area contributed by atoms with Crippen LogP contribution in [-0.2, 0) is 9.53 Å². The largest absolute Gasteiger partial charge is 0.495 e. The van der Waals surface area contributed by atoms with Crippen LogP contribution in [-0.4, -0.2) is 56.3 Å². The van der Waals surface area contributed by atoms with Crippen LogP contribution in [0.2, 0.25) is 10.0 Å². The van der Waals surface area contributed by atoms with Gasteiger partial charge in [-0.15, -0.1) is 0 Å². The summed E-state index contributed by atoms with van der Waals surface area (Å²) in [7, 11) is 4.85. The Kier molecular flexibility index (Phi) is 8.18. The van der Waals surface area contributed by atoms with Gasteiger partial charge in [0, 0.05) is 48.7 Å². The van der Waals surface area contributed by atoms with Gasteiger partial charge < -0.3 is 24.8 Å². The molecule has 3 aromatic rings. The van der Waals surface area contributed by atoms with Crippen LogP contribution in [0.25, 0.3) is 22.0 Å². The van der Waals surface area contributed by atoms with Crippen molar-refractivity contribution in [2.24, 2.45) is 5.92 Å². The zero-order valence-corrected chi connectivity index (χ0v) is 21.9. The summed E-state index contributed by atoms with van der Waals surface area (Å²) >= 11 is 13.3. The maximum Gasteiger partial charge on any atom is 0.155 e. The molecule has 2 aromatic heterocycles. The molecule has 8 nitrogen and oxygen atoms in total. The normalized spacial score (nSPS) is 17.5. The molecule has 0 radical (unpaired) electrons. The summed E-state index contributed by atoms with van der Waals surface area (Å²) in [6, 6.07) is 5.39. The van der Waals surface area contributed by atoms with Gasteiger partial charge in [-0.1, -0.05) is 29.8 Å². The monoisotopic (exact) mass is 530 g/mol. The molecule has 0 bridgehead atoms. The minimum Gasteiger partial charge on any atom is -0.495 e. The summed E-state index contributed by atoms with van der Waals surface area (Å²) in [5.41, 5.74) is 1.05. The van der Waals surface area contributed by atoms with Crippen molar-refractivity contribution >= 4 is 51.4 Å². The number of halogens is 2. The molecule has 0 unspecified atom stereocenters. The van der Waals surface area contributed by atoms with E-state index in [1.54, 1.807) is 19.3 Å². The van der Waals surface area contributed by atoms with E-state index in [9.17, 15) is 4.79 Å². The van der Waals surface area contributed by atoms with Crippen LogP contribution in [0.1, 0.15) is 12.8 Å². The first-order valence-electron chi connectivity index (χ1n) is 11.5. The second kappa shape index (κ2) is 11.3. The number of benzene rings is 1. The number of hydrogen-bond donors (Lipinski definition) is 2. The highest BCUT2D eigenvalue weighted by Crippen LogP contribution is 2.46. The molecule has 1 aromatic carbocycles. The highest BCUT2D eigenvalue weighted by molar-refractivity contribution is 6.41. The standard InChI is InChI=1S/C26H28Cl2N4O4/c1-5-16(33)8-14-6-7-36-13-19(14)31-22-10-17-15(12-30-22)9-18(32-26(17)29-2)23-24(27)20(34-3)11-21(35-4)25(23)28/h5,9-12,14,19H,1,6-8,13H2,2-4H3,(H,29,32)(H,30,31)/t14-,19-/m1/s1. The topological polar surface area (TPSA) is 94.6 Å². The van der Waals surface area contributed by atoms with Gasteiger partial charge in [0.15, 0.2) is 5.78 Å². The predicted molar refractivity (Wildman–Crippen MR) is 144 cm³/mol. The summed E-state index contributed by atoms with van der Waals surface area (Å²) in [4.78, 5) is 21.4. The Labute approximate surface area is 220 Å². The quantitative estimate of drug-likeness (QED) is 0.344. The minimum absolute atomic E-state index is 0.0286.